The van der Waals surface area contributed by atoms with E-state index in [2.05, 4.69) is 15.8 Å². The molecule has 8 nitrogen and oxygen atoms in total. The van der Waals surface area contributed by atoms with Crippen molar-refractivity contribution in [3.63, 3.8) is 0 Å². The predicted molar refractivity (Wildman–Crippen MR) is 102 cm³/mol. The van der Waals surface area contributed by atoms with Gasteiger partial charge < -0.3 is 4.74 Å². The van der Waals surface area contributed by atoms with Crippen molar-refractivity contribution in [2.45, 2.75) is 12.8 Å². The lowest BCUT2D eigenvalue weighted by atomic mass is 10.1. The summed E-state index contributed by atoms with van der Waals surface area (Å²) < 4.78 is 43.7. The quantitative estimate of drug-likeness (QED) is 0.418. The van der Waals surface area contributed by atoms with Gasteiger partial charge in [0.15, 0.2) is 0 Å². The average Bonchev–Trinajstić information content (AvgIpc) is 3.23. The molecule has 30 heavy (non-hydrogen) atoms. The van der Waals surface area contributed by atoms with E-state index in [1.165, 1.54) is 23.5 Å². The third kappa shape index (κ3) is 5.23. The first kappa shape index (κ1) is 21.0. The van der Waals surface area contributed by atoms with Crippen LogP contribution < -0.4 is 15.6 Å². The van der Waals surface area contributed by atoms with Gasteiger partial charge in [-0.1, -0.05) is 0 Å². The van der Waals surface area contributed by atoms with Gasteiger partial charge in [-0.25, -0.2) is 4.98 Å². The summed E-state index contributed by atoms with van der Waals surface area (Å²) in [4.78, 5) is 26.4. The number of ether oxygens (including phenoxy) is 1. The van der Waals surface area contributed by atoms with E-state index < -0.39 is 28.3 Å². The van der Waals surface area contributed by atoms with E-state index >= 15 is 0 Å². The van der Waals surface area contributed by atoms with E-state index in [0.717, 1.165) is 11.8 Å². The minimum atomic E-state index is -4.73. The van der Waals surface area contributed by atoms with Crippen molar-refractivity contribution in [2.75, 3.05) is 5.43 Å². The van der Waals surface area contributed by atoms with Gasteiger partial charge in [0.2, 0.25) is 0 Å². The number of hydrazine groups is 1. The number of rotatable bonds is 7. The Kier molecular flexibility index (Phi) is 6.16. The molecular formula is C18H13F3N4O4S. The second-order valence-corrected chi connectivity index (χ2v) is 6.58. The first-order valence-corrected chi connectivity index (χ1v) is 9.20. The molecule has 0 bridgehead atoms. The zero-order chi connectivity index (χ0) is 21.7. The Morgan fingerprint density at radius 2 is 1.93 bits per heavy atom. The van der Waals surface area contributed by atoms with Crippen molar-refractivity contribution >= 4 is 28.6 Å². The standard InChI is InChI=1S/C18H13F3N4O4S/c19-18(20,21)12-3-6-15(16(7-12)25(27)28)23-24-17(26)11-1-4-14(5-2-11)29-8-13-9-30-10-22-13/h1-7,9-10,23H,8H2,(H,24,26). The molecule has 0 unspecified atom stereocenters. The SMILES string of the molecule is O=C(NNc1ccc(C(F)(F)F)cc1[N+](=O)[O-])c1ccc(OCc2cscn2)cc1. The van der Waals surface area contributed by atoms with Gasteiger partial charge >= 0.3 is 6.18 Å². The average molecular weight is 438 g/mol. The van der Waals surface area contributed by atoms with Crippen LogP contribution in [0.15, 0.2) is 53.4 Å². The Labute approximate surface area is 171 Å². The van der Waals surface area contributed by atoms with E-state index in [-0.39, 0.29) is 17.9 Å². The lowest BCUT2D eigenvalue weighted by Gasteiger charge is -2.12. The van der Waals surface area contributed by atoms with Crippen LogP contribution in [0.2, 0.25) is 0 Å². The van der Waals surface area contributed by atoms with Gasteiger partial charge in [0.05, 0.1) is 21.7 Å². The third-order valence-corrected chi connectivity index (χ3v) is 4.45. The third-order valence-electron chi connectivity index (χ3n) is 3.82. The number of hydrogen-bond donors (Lipinski definition) is 2. The van der Waals surface area contributed by atoms with E-state index in [4.69, 9.17) is 4.74 Å². The van der Waals surface area contributed by atoms with Gasteiger partial charge in [-0.3, -0.25) is 25.8 Å². The predicted octanol–water partition coefficient (Wildman–Crippen LogP) is 4.41. The summed E-state index contributed by atoms with van der Waals surface area (Å²) in [7, 11) is 0. The number of nitro benzene ring substituents is 1. The molecule has 3 aromatic rings. The Hall–Kier alpha value is -3.67. The van der Waals surface area contributed by atoms with Gasteiger partial charge in [0, 0.05) is 17.0 Å². The number of halogens is 3. The molecule has 0 aliphatic carbocycles. The van der Waals surface area contributed by atoms with E-state index in [0.29, 0.717) is 17.9 Å². The molecule has 0 radical (unpaired) electrons. The number of anilines is 1. The smallest absolute Gasteiger partial charge is 0.416 e. The van der Waals surface area contributed by atoms with Crippen molar-refractivity contribution < 1.29 is 27.6 Å². The number of carbonyl (C=O) groups is 1. The summed E-state index contributed by atoms with van der Waals surface area (Å²) in [6, 6.07) is 7.99. The molecule has 0 fully saturated rings. The molecule has 12 heteroatoms. The summed E-state index contributed by atoms with van der Waals surface area (Å²) in [5.41, 5.74) is 4.88. The Morgan fingerprint density at radius 3 is 2.53 bits per heavy atom. The van der Waals surface area contributed by atoms with E-state index in [1.807, 2.05) is 5.38 Å². The zero-order valence-corrected chi connectivity index (χ0v) is 15.8. The fraction of sp³-hybridized carbons (Fsp3) is 0.111. The molecule has 0 aliphatic heterocycles. The van der Waals surface area contributed by atoms with Crippen molar-refractivity contribution in [1.29, 1.82) is 0 Å². The van der Waals surface area contributed by atoms with Crippen LogP contribution in [-0.4, -0.2) is 15.8 Å². The topological polar surface area (TPSA) is 106 Å². The maximum absolute atomic E-state index is 12.7. The molecular weight excluding hydrogens is 425 g/mol. The second kappa shape index (κ2) is 8.78. The van der Waals surface area contributed by atoms with Crippen LogP contribution in [0.5, 0.6) is 5.75 Å². The minimum absolute atomic E-state index is 0.207. The number of carbonyl (C=O) groups excluding carboxylic acids is 1. The van der Waals surface area contributed by atoms with E-state index in [9.17, 15) is 28.1 Å². The fourth-order valence-electron chi connectivity index (χ4n) is 2.33. The molecule has 2 N–H and O–H groups in total. The lowest BCUT2D eigenvalue weighted by Crippen LogP contribution is -2.29. The molecule has 1 amide bonds. The molecule has 0 aliphatic rings. The van der Waals surface area contributed by atoms with Crippen LogP contribution in [-0.2, 0) is 12.8 Å². The highest BCUT2D eigenvalue weighted by molar-refractivity contribution is 7.07. The number of thiazole rings is 1. The number of nitrogens with zero attached hydrogens (tertiary/aromatic N) is 2. The maximum Gasteiger partial charge on any atom is 0.416 e. The van der Waals surface area contributed by atoms with E-state index in [1.54, 1.807) is 17.6 Å². The largest absolute Gasteiger partial charge is 0.487 e. The number of benzene rings is 2. The van der Waals surface area contributed by atoms with Crippen LogP contribution >= 0.6 is 11.3 Å². The van der Waals surface area contributed by atoms with Gasteiger partial charge in [-0.05, 0) is 36.4 Å². The van der Waals surface area contributed by atoms with Crippen molar-refractivity contribution in [3.8, 4) is 5.75 Å². The van der Waals surface area contributed by atoms with Crippen LogP contribution in [0.25, 0.3) is 0 Å². The Balaban J connectivity index is 1.63. The summed E-state index contributed by atoms with van der Waals surface area (Å²) >= 11 is 1.44. The van der Waals surface area contributed by atoms with Crippen LogP contribution in [0.4, 0.5) is 24.5 Å². The summed E-state index contributed by atoms with van der Waals surface area (Å²) in [6.45, 7) is 0.272. The highest BCUT2D eigenvalue weighted by Crippen LogP contribution is 2.34. The van der Waals surface area contributed by atoms with Crippen LogP contribution in [0.3, 0.4) is 0 Å². The van der Waals surface area contributed by atoms with Crippen LogP contribution in [0.1, 0.15) is 21.6 Å². The normalized spacial score (nSPS) is 11.0. The molecule has 1 aromatic heterocycles. The van der Waals surface area contributed by atoms with Gasteiger partial charge in [-0.15, -0.1) is 11.3 Å². The number of nitrogens with one attached hydrogen (secondary N) is 2. The molecule has 0 atom stereocenters. The monoisotopic (exact) mass is 438 g/mol. The molecule has 156 valence electrons. The Bertz CT molecular complexity index is 1040. The maximum atomic E-state index is 12.7. The number of hydrogen-bond acceptors (Lipinski definition) is 7. The number of nitro groups is 1. The van der Waals surface area contributed by atoms with Crippen molar-refractivity contribution in [3.05, 3.63) is 80.3 Å². The molecule has 3 rings (SSSR count). The Morgan fingerprint density at radius 1 is 1.20 bits per heavy atom. The van der Waals surface area contributed by atoms with Crippen molar-refractivity contribution in [2.24, 2.45) is 0 Å². The zero-order valence-electron chi connectivity index (χ0n) is 15.0. The molecule has 1 heterocycles. The van der Waals surface area contributed by atoms with Crippen molar-refractivity contribution in [1.82, 2.24) is 10.4 Å². The lowest BCUT2D eigenvalue weighted by molar-refractivity contribution is -0.384. The van der Waals surface area contributed by atoms with Gasteiger partial charge in [0.25, 0.3) is 11.6 Å². The number of amides is 1. The first-order valence-electron chi connectivity index (χ1n) is 8.26. The molecule has 0 spiro atoms. The molecule has 2 aromatic carbocycles. The molecule has 0 saturated heterocycles. The minimum Gasteiger partial charge on any atom is -0.487 e. The highest BCUT2D eigenvalue weighted by atomic mass is 32.1. The first-order chi connectivity index (χ1) is 14.2. The molecule has 0 saturated carbocycles. The highest BCUT2D eigenvalue weighted by Gasteiger charge is 2.33. The van der Waals surface area contributed by atoms with Gasteiger partial charge in [-0.2, -0.15) is 13.2 Å². The summed E-state index contributed by atoms with van der Waals surface area (Å²) in [5, 5.41) is 12.9. The summed E-state index contributed by atoms with van der Waals surface area (Å²) in [6.07, 6.45) is -4.73. The van der Waals surface area contributed by atoms with Gasteiger partial charge in [0.1, 0.15) is 18.0 Å². The number of aromatic nitrogens is 1. The second-order valence-electron chi connectivity index (χ2n) is 5.86. The fourth-order valence-corrected chi connectivity index (χ4v) is 2.87. The number of alkyl halides is 3. The summed E-state index contributed by atoms with van der Waals surface area (Å²) in [5.74, 6) is -0.138. The van der Waals surface area contributed by atoms with Crippen LogP contribution in [0, 0.1) is 10.1 Å².